The van der Waals surface area contributed by atoms with Crippen molar-refractivity contribution in [2.24, 2.45) is 5.92 Å². The van der Waals surface area contributed by atoms with Gasteiger partial charge in [0.1, 0.15) is 5.82 Å². The van der Waals surface area contributed by atoms with Crippen molar-refractivity contribution in [3.8, 4) is 0 Å². The normalized spacial score (nSPS) is 11.3. The van der Waals surface area contributed by atoms with Gasteiger partial charge in [-0.1, -0.05) is 37.7 Å². The van der Waals surface area contributed by atoms with E-state index >= 15 is 0 Å². The Bertz CT molecular complexity index is 966. The van der Waals surface area contributed by atoms with E-state index in [4.69, 9.17) is 11.5 Å². The molecule has 0 saturated carbocycles. The summed E-state index contributed by atoms with van der Waals surface area (Å²) >= 11 is 1.39. The second-order valence-corrected chi connectivity index (χ2v) is 7.25. The first kappa shape index (κ1) is 18.1. The highest BCUT2D eigenvalue weighted by molar-refractivity contribution is 7.98. The summed E-state index contributed by atoms with van der Waals surface area (Å²) in [6.45, 7) is 4.86. The van der Waals surface area contributed by atoms with Crippen molar-refractivity contribution in [1.29, 1.82) is 0 Å². The summed E-state index contributed by atoms with van der Waals surface area (Å²) in [7, 11) is 0. The second-order valence-electron chi connectivity index (χ2n) is 6.31. The van der Waals surface area contributed by atoms with Crippen LogP contribution in [0.25, 0.3) is 10.9 Å². The van der Waals surface area contributed by atoms with E-state index in [2.05, 4.69) is 33.8 Å². The number of thioether (sulfide) groups is 1. The Hall–Kier alpha value is -2.68. The van der Waals surface area contributed by atoms with E-state index in [9.17, 15) is 4.79 Å². The van der Waals surface area contributed by atoms with Gasteiger partial charge in [-0.15, -0.1) is 0 Å². The second kappa shape index (κ2) is 7.69. The Morgan fingerprint density at radius 1 is 1.08 bits per heavy atom. The zero-order chi connectivity index (χ0) is 18.7. The highest BCUT2D eigenvalue weighted by Crippen LogP contribution is 2.22. The molecule has 0 saturated heterocycles. The lowest BCUT2D eigenvalue weighted by atomic mass is 10.1. The van der Waals surface area contributed by atoms with Gasteiger partial charge in [-0.3, -0.25) is 9.36 Å². The summed E-state index contributed by atoms with van der Waals surface area (Å²) < 4.78 is 1.72. The molecule has 9 heteroatoms. The van der Waals surface area contributed by atoms with Gasteiger partial charge in [-0.05, 0) is 24.5 Å². The molecule has 0 atom stereocenters. The molecular formula is C17H21N7OS. The molecule has 0 amide bonds. The Morgan fingerprint density at radius 3 is 2.46 bits per heavy atom. The number of nitrogens with zero attached hydrogens (tertiary/aromatic N) is 5. The number of nitrogens with two attached hydrogens (primary N) is 2. The monoisotopic (exact) mass is 371 g/mol. The highest BCUT2D eigenvalue weighted by Gasteiger charge is 2.13. The zero-order valence-electron chi connectivity index (χ0n) is 14.7. The van der Waals surface area contributed by atoms with Crippen molar-refractivity contribution < 1.29 is 0 Å². The number of hydrogen-bond donors (Lipinski definition) is 2. The summed E-state index contributed by atoms with van der Waals surface area (Å²) in [6.07, 6.45) is 0.888. The SMILES string of the molecule is CC(C)CCn1c(SCc2nc(N)nc(N)n2)nc2ccccc2c1=O. The third-order valence-corrected chi connectivity index (χ3v) is 4.78. The molecule has 0 fully saturated rings. The molecule has 0 unspecified atom stereocenters. The molecular weight excluding hydrogens is 350 g/mol. The quantitative estimate of drug-likeness (QED) is 0.498. The molecule has 26 heavy (non-hydrogen) atoms. The predicted molar refractivity (Wildman–Crippen MR) is 104 cm³/mol. The van der Waals surface area contributed by atoms with E-state index in [-0.39, 0.29) is 17.5 Å². The van der Waals surface area contributed by atoms with Crippen LogP contribution in [0.2, 0.25) is 0 Å². The molecule has 4 N–H and O–H groups in total. The maximum absolute atomic E-state index is 12.9. The van der Waals surface area contributed by atoms with Crippen LogP contribution in [0.3, 0.4) is 0 Å². The van der Waals surface area contributed by atoms with E-state index in [0.717, 1.165) is 6.42 Å². The van der Waals surface area contributed by atoms with Gasteiger partial charge in [0.2, 0.25) is 11.9 Å². The van der Waals surface area contributed by atoms with Crippen molar-refractivity contribution in [2.45, 2.75) is 37.7 Å². The van der Waals surface area contributed by atoms with E-state index in [1.54, 1.807) is 10.6 Å². The number of benzene rings is 1. The number of aromatic nitrogens is 5. The molecule has 0 spiro atoms. The van der Waals surface area contributed by atoms with Gasteiger partial charge in [-0.2, -0.15) is 15.0 Å². The molecule has 0 aliphatic carbocycles. The van der Waals surface area contributed by atoms with E-state index < -0.39 is 0 Å². The summed E-state index contributed by atoms with van der Waals surface area (Å²) in [5.74, 6) is 1.49. The molecule has 1 aromatic carbocycles. The molecule has 136 valence electrons. The Kier molecular flexibility index (Phi) is 5.36. The van der Waals surface area contributed by atoms with Gasteiger partial charge in [0.25, 0.3) is 5.56 Å². The van der Waals surface area contributed by atoms with Crippen LogP contribution in [-0.2, 0) is 12.3 Å². The van der Waals surface area contributed by atoms with Crippen LogP contribution < -0.4 is 17.0 Å². The summed E-state index contributed by atoms with van der Waals surface area (Å²) in [5.41, 5.74) is 11.9. The predicted octanol–water partition coefficient (Wildman–Crippen LogP) is 2.08. The zero-order valence-corrected chi connectivity index (χ0v) is 15.5. The van der Waals surface area contributed by atoms with Crippen LogP contribution in [0.5, 0.6) is 0 Å². The molecule has 2 heterocycles. The standard InChI is InChI=1S/C17H21N7OS/c1-10(2)7-8-24-14(25)11-5-3-4-6-12(11)20-17(24)26-9-13-21-15(18)23-16(19)22-13/h3-6,10H,7-9H2,1-2H3,(H4,18,19,21,22,23). The fourth-order valence-electron chi connectivity index (χ4n) is 2.49. The van der Waals surface area contributed by atoms with Gasteiger partial charge < -0.3 is 11.5 Å². The van der Waals surface area contributed by atoms with Gasteiger partial charge in [0.05, 0.1) is 16.7 Å². The number of anilines is 2. The molecule has 0 radical (unpaired) electrons. The minimum Gasteiger partial charge on any atom is -0.368 e. The number of hydrogen-bond acceptors (Lipinski definition) is 8. The summed E-state index contributed by atoms with van der Waals surface area (Å²) in [4.78, 5) is 29.5. The van der Waals surface area contributed by atoms with Crippen molar-refractivity contribution >= 4 is 34.6 Å². The third kappa shape index (κ3) is 4.10. The molecule has 0 aliphatic rings. The number of nitrogen functional groups attached to an aromatic ring is 2. The van der Waals surface area contributed by atoms with Crippen molar-refractivity contribution in [1.82, 2.24) is 24.5 Å². The first-order valence-electron chi connectivity index (χ1n) is 8.32. The van der Waals surface area contributed by atoms with Gasteiger partial charge in [0, 0.05) is 6.54 Å². The average molecular weight is 371 g/mol. The van der Waals surface area contributed by atoms with E-state index in [0.29, 0.717) is 40.1 Å². The van der Waals surface area contributed by atoms with Gasteiger partial charge >= 0.3 is 0 Å². The lowest BCUT2D eigenvalue weighted by Gasteiger charge is -2.14. The first-order valence-corrected chi connectivity index (χ1v) is 9.31. The van der Waals surface area contributed by atoms with Gasteiger partial charge in [0.15, 0.2) is 5.16 Å². The van der Waals surface area contributed by atoms with E-state index in [1.165, 1.54) is 11.8 Å². The largest absolute Gasteiger partial charge is 0.368 e. The average Bonchev–Trinajstić information content (AvgIpc) is 2.58. The highest BCUT2D eigenvalue weighted by atomic mass is 32.2. The number of rotatable bonds is 6. The first-order chi connectivity index (χ1) is 12.4. The number of fused-ring (bicyclic) bond motifs is 1. The molecule has 2 aromatic heterocycles. The summed E-state index contributed by atoms with van der Waals surface area (Å²) in [5, 5.41) is 1.25. The maximum atomic E-state index is 12.9. The van der Waals surface area contributed by atoms with Crippen LogP contribution >= 0.6 is 11.8 Å². The summed E-state index contributed by atoms with van der Waals surface area (Å²) in [6, 6.07) is 7.36. The molecule has 0 aliphatic heterocycles. The molecule has 3 aromatic rings. The topological polar surface area (TPSA) is 126 Å². The fraction of sp³-hybridized carbons (Fsp3) is 0.353. The van der Waals surface area contributed by atoms with Crippen LogP contribution in [0.4, 0.5) is 11.9 Å². The Morgan fingerprint density at radius 2 is 1.77 bits per heavy atom. The lowest BCUT2D eigenvalue weighted by Crippen LogP contribution is -2.24. The molecule has 3 rings (SSSR count). The van der Waals surface area contributed by atoms with Crippen molar-refractivity contribution in [3.63, 3.8) is 0 Å². The van der Waals surface area contributed by atoms with Gasteiger partial charge in [-0.25, -0.2) is 4.98 Å². The smallest absolute Gasteiger partial charge is 0.262 e. The van der Waals surface area contributed by atoms with E-state index in [1.807, 2.05) is 18.2 Å². The Balaban J connectivity index is 1.96. The molecule has 8 nitrogen and oxygen atoms in total. The number of para-hydroxylation sites is 1. The Labute approximate surface area is 155 Å². The third-order valence-electron chi connectivity index (χ3n) is 3.80. The maximum Gasteiger partial charge on any atom is 0.262 e. The van der Waals surface area contributed by atoms with Crippen LogP contribution in [0.15, 0.2) is 34.2 Å². The van der Waals surface area contributed by atoms with Crippen molar-refractivity contribution in [3.05, 3.63) is 40.4 Å². The van der Waals surface area contributed by atoms with Crippen LogP contribution in [-0.4, -0.2) is 24.5 Å². The minimum atomic E-state index is -0.0339. The molecule has 0 bridgehead atoms. The minimum absolute atomic E-state index is 0.0339. The van der Waals surface area contributed by atoms with Crippen LogP contribution in [0, 0.1) is 5.92 Å². The lowest BCUT2D eigenvalue weighted by molar-refractivity contribution is 0.481. The van der Waals surface area contributed by atoms with Crippen LogP contribution in [0.1, 0.15) is 26.1 Å². The van der Waals surface area contributed by atoms with Crippen molar-refractivity contribution in [2.75, 3.05) is 11.5 Å². The fourth-order valence-corrected chi connectivity index (χ4v) is 3.37.